The molecule has 0 saturated carbocycles. The first kappa shape index (κ1) is 12.7. The molecule has 1 unspecified atom stereocenters. The average molecular weight is 245 g/mol. The molecule has 0 aromatic heterocycles. The lowest BCUT2D eigenvalue weighted by atomic mass is 10.2. The monoisotopic (exact) mass is 244 g/mol. The Balaban J connectivity index is 3.05. The molecule has 2 N–H and O–H groups in total. The Morgan fingerprint density at radius 3 is 2.81 bits per heavy atom. The zero-order valence-electron chi connectivity index (χ0n) is 8.81. The van der Waals surface area contributed by atoms with Gasteiger partial charge < -0.3 is 10.4 Å². The van der Waals surface area contributed by atoms with Crippen molar-refractivity contribution in [3.8, 4) is 0 Å². The molecule has 0 saturated heterocycles. The van der Waals surface area contributed by atoms with Crippen LogP contribution < -0.4 is 5.32 Å². The molecule has 16 heavy (non-hydrogen) atoms. The van der Waals surface area contributed by atoms with Gasteiger partial charge in [-0.3, -0.25) is 10.1 Å². The van der Waals surface area contributed by atoms with E-state index in [1.807, 2.05) is 6.92 Å². The standard InChI is InChI=1S/C10H13ClN2O3/c1-2-7(6-14)12-10-8(11)4-3-5-9(10)13(15)16/h3-5,7,12,14H,2,6H2,1H3. The van der Waals surface area contributed by atoms with Gasteiger partial charge in [0, 0.05) is 12.1 Å². The van der Waals surface area contributed by atoms with E-state index in [1.54, 1.807) is 6.07 Å². The molecule has 5 nitrogen and oxygen atoms in total. The summed E-state index contributed by atoms with van der Waals surface area (Å²) in [4.78, 5) is 10.3. The number of hydrogen-bond donors (Lipinski definition) is 2. The van der Waals surface area contributed by atoms with E-state index >= 15 is 0 Å². The highest BCUT2D eigenvalue weighted by Gasteiger charge is 2.18. The van der Waals surface area contributed by atoms with Crippen LogP contribution >= 0.6 is 11.6 Å². The molecule has 1 rings (SSSR count). The fraction of sp³-hybridized carbons (Fsp3) is 0.400. The Bertz CT molecular complexity index is 380. The molecule has 0 aliphatic rings. The van der Waals surface area contributed by atoms with E-state index in [2.05, 4.69) is 5.32 Å². The summed E-state index contributed by atoms with van der Waals surface area (Å²) in [7, 11) is 0. The van der Waals surface area contributed by atoms with Gasteiger partial charge in [-0.2, -0.15) is 0 Å². The number of benzene rings is 1. The molecule has 0 spiro atoms. The largest absolute Gasteiger partial charge is 0.394 e. The lowest BCUT2D eigenvalue weighted by molar-refractivity contribution is -0.384. The van der Waals surface area contributed by atoms with E-state index in [9.17, 15) is 10.1 Å². The summed E-state index contributed by atoms with van der Waals surface area (Å²) in [5, 5.41) is 23.0. The third kappa shape index (κ3) is 2.84. The minimum atomic E-state index is -0.502. The van der Waals surface area contributed by atoms with Crippen LogP contribution in [0.2, 0.25) is 5.02 Å². The van der Waals surface area contributed by atoms with Crippen LogP contribution in [-0.2, 0) is 0 Å². The second kappa shape index (κ2) is 5.67. The van der Waals surface area contributed by atoms with Crippen molar-refractivity contribution in [2.45, 2.75) is 19.4 Å². The lowest BCUT2D eigenvalue weighted by Gasteiger charge is -2.16. The Morgan fingerprint density at radius 2 is 2.31 bits per heavy atom. The van der Waals surface area contributed by atoms with Gasteiger partial charge in [0.05, 0.1) is 16.6 Å². The van der Waals surface area contributed by atoms with Crippen molar-refractivity contribution in [3.05, 3.63) is 33.3 Å². The third-order valence-corrected chi connectivity index (χ3v) is 2.56. The summed E-state index contributed by atoms with van der Waals surface area (Å²) in [5.74, 6) is 0. The summed E-state index contributed by atoms with van der Waals surface area (Å²) in [5.41, 5.74) is 0.175. The first-order valence-electron chi connectivity index (χ1n) is 4.90. The number of aliphatic hydroxyl groups excluding tert-OH is 1. The van der Waals surface area contributed by atoms with Gasteiger partial charge in [0.1, 0.15) is 5.69 Å². The van der Waals surface area contributed by atoms with Gasteiger partial charge in [-0.15, -0.1) is 0 Å². The van der Waals surface area contributed by atoms with Crippen molar-refractivity contribution < 1.29 is 10.0 Å². The number of aliphatic hydroxyl groups is 1. The van der Waals surface area contributed by atoms with Gasteiger partial charge in [0.2, 0.25) is 0 Å². The highest BCUT2D eigenvalue weighted by Crippen LogP contribution is 2.32. The molecule has 1 aromatic carbocycles. The normalized spacial score (nSPS) is 12.2. The summed E-state index contributed by atoms with van der Waals surface area (Å²) >= 11 is 5.88. The fourth-order valence-electron chi connectivity index (χ4n) is 1.29. The maximum Gasteiger partial charge on any atom is 0.293 e. The van der Waals surface area contributed by atoms with Crippen LogP contribution in [0.25, 0.3) is 0 Å². The number of nitrogens with zero attached hydrogens (tertiary/aromatic N) is 1. The number of halogens is 1. The number of nitrogens with one attached hydrogen (secondary N) is 1. The van der Waals surface area contributed by atoms with Gasteiger partial charge in [-0.05, 0) is 12.5 Å². The maximum absolute atomic E-state index is 10.8. The third-order valence-electron chi connectivity index (χ3n) is 2.25. The Hall–Kier alpha value is -1.33. The number of hydrogen-bond acceptors (Lipinski definition) is 4. The molecule has 0 aliphatic carbocycles. The fourth-order valence-corrected chi connectivity index (χ4v) is 1.51. The molecule has 0 fully saturated rings. The second-order valence-corrected chi connectivity index (χ2v) is 3.73. The number of rotatable bonds is 5. The predicted molar refractivity (Wildman–Crippen MR) is 62.9 cm³/mol. The molecule has 1 aromatic rings. The number of anilines is 1. The van der Waals surface area contributed by atoms with E-state index < -0.39 is 4.92 Å². The minimum absolute atomic E-state index is 0.0839. The minimum Gasteiger partial charge on any atom is -0.394 e. The second-order valence-electron chi connectivity index (χ2n) is 3.32. The van der Waals surface area contributed by atoms with Crippen LogP contribution in [0.4, 0.5) is 11.4 Å². The molecule has 1 atom stereocenters. The van der Waals surface area contributed by atoms with E-state index in [1.165, 1.54) is 12.1 Å². The Labute approximate surface area is 98.2 Å². The summed E-state index contributed by atoms with van der Waals surface area (Å²) in [6.45, 7) is 1.77. The summed E-state index contributed by atoms with van der Waals surface area (Å²) in [6.07, 6.45) is 0.652. The van der Waals surface area contributed by atoms with Gasteiger partial charge in [-0.1, -0.05) is 24.6 Å². The molecule has 88 valence electrons. The molecule has 0 amide bonds. The molecule has 0 bridgehead atoms. The van der Waals surface area contributed by atoms with Crippen LogP contribution in [0.3, 0.4) is 0 Å². The van der Waals surface area contributed by atoms with E-state index in [0.717, 1.165) is 0 Å². The van der Waals surface area contributed by atoms with Crippen molar-refractivity contribution in [2.24, 2.45) is 0 Å². The summed E-state index contributed by atoms with van der Waals surface area (Å²) in [6, 6.07) is 4.23. The zero-order valence-corrected chi connectivity index (χ0v) is 9.57. The maximum atomic E-state index is 10.8. The van der Waals surface area contributed by atoms with Crippen molar-refractivity contribution >= 4 is 23.0 Å². The molecule has 6 heteroatoms. The van der Waals surface area contributed by atoms with E-state index in [-0.39, 0.29) is 29.0 Å². The Morgan fingerprint density at radius 1 is 1.62 bits per heavy atom. The van der Waals surface area contributed by atoms with Gasteiger partial charge in [0.25, 0.3) is 5.69 Å². The van der Waals surface area contributed by atoms with Gasteiger partial charge in [-0.25, -0.2) is 0 Å². The van der Waals surface area contributed by atoms with Crippen molar-refractivity contribution in [1.29, 1.82) is 0 Å². The number of para-hydroxylation sites is 1. The van der Waals surface area contributed by atoms with Crippen LogP contribution in [0.15, 0.2) is 18.2 Å². The highest BCUT2D eigenvalue weighted by atomic mass is 35.5. The molecule has 0 radical (unpaired) electrons. The lowest BCUT2D eigenvalue weighted by Crippen LogP contribution is -2.23. The first-order valence-corrected chi connectivity index (χ1v) is 5.28. The smallest absolute Gasteiger partial charge is 0.293 e. The van der Waals surface area contributed by atoms with E-state index in [0.29, 0.717) is 6.42 Å². The number of nitro groups is 1. The molecular weight excluding hydrogens is 232 g/mol. The first-order chi connectivity index (χ1) is 7.60. The van der Waals surface area contributed by atoms with Crippen molar-refractivity contribution in [1.82, 2.24) is 0 Å². The Kier molecular flexibility index (Phi) is 4.52. The highest BCUT2D eigenvalue weighted by molar-refractivity contribution is 6.33. The van der Waals surface area contributed by atoms with Crippen molar-refractivity contribution in [2.75, 3.05) is 11.9 Å². The van der Waals surface area contributed by atoms with Gasteiger partial charge >= 0.3 is 0 Å². The van der Waals surface area contributed by atoms with Crippen LogP contribution in [0.5, 0.6) is 0 Å². The molecule has 0 heterocycles. The van der Waals surface area contributed by atoms with Gasteiger partial charge in [0.15, 0.2) is 0 Å². The van der Waals surface area contributed by atoms with Crippen LogP contribution in [-0.4, -0.2) is 22.7 Å². The topological polar surface area (TPSA) is 75.4 Å². The molecular formula is C10H13ClN2O3. The van der Waals surface area contributed by atoms with Crippen molar-refractivity contribution in [3.63, 3.8) is 0 Å². The quantitative estimate of drug-likeness (QED) is 0.616. The van der Waals surface area contributed by atoms with E-state index in [4.69, 9.17) is 16.7 Å². The SMILES string of the molecule is CCC(CO)Nc1c(Cl)cccc1[N+](=O)[O-]. The zero-order chi connectivity index (χ0) is 12.1. The molecule has 0 aliphatic heterocycles. The van der Waals surface area contributed by atoms with Crippen LogP contribution in [0.1, 0.15) is 13.3 Å². The number of nitro benzene ring substituents is 1. The van der Waals surface area contributed by atoms with Crippen LogP contribution in [0, 0.1) is 10.1 Å². The predicted octanol–water partition coefficient (Wildman–Crippen LogP) is 2.43. The summed E-state index contributed by atoms with van der Waals surface area (Å²) < 4.78 is 0. The average Bonchev–Trinajstić information content (AvgIpc) is 2.27.